The zero-order chi connectivity index (χ0) is 17.8. The van der Waals surface area contributed by atoms with E-state index >= 15 is 0 Å². The molecule has 0 unspecified atom stereocenters. The van der Waals surface area contributed by atoms with Gasteiger partial charge in [0.1, 0.15) is 0 Å². The lowest BCUT2D eigenvalue weighted by molar-refractivity contribution is -0.116. The van der Waals surface area contributed by atoms with Crippen molar-refractivity contribution < 1.29 is 9.32 Å². The second-order valence-corrected chi connectivity index (χ2v) is 8.37. The van der Waals surface area contributed by atoms with E-state index in [0.29, 0.717) is 29.0 Å². The number of anilines is 1. The van der Waals surface area contributed by atoms with E-state index in [1.165, 1.54) is 11.3 Å². The van der Waals surface area contributed by atoms with Crippen LogP contribution in [0, 0.1) is 0 Å². The molecule has 0 aliphatic heterocycles. The third-order valence-corrected chi connectivity index (χ3v) is 6.22. The van der Waals surface area contributed by atoms with Crippen LogP contribution in [0.5, 0.6) is 0 Å². The van der Waals surface area contributed by atoms with Crippen LogP contribution in [0.1, 0.15) is 18.1 Å². The number of nitrogens with zero attached hydrogens (tertiary/aromatic N) is 4. The predicted molar refractivity (Wildman–Crippen MR) is 103 cm³/mol. The fraction of sp³-hybridized carbons (Fsp3) is 0.188. The van der Waals surface area contributed by atoms with Gasteiger partial charge in [0.2, 0.25) is 11.8 Å². The number of aryl methyl sites for hydroxylation is 1. The largest absolute Gasteiger partial charge is 0.339 e. The summed E-state index contributed by atoms with van der Waals surface area (Å²) in [6.07, 6.45) is 2.32. The molecular weight excluding hydrogens is 390 g/mol. The minimum atomic E-state index is -0.122. The maximum Gasteiger partial charge on any atom is 0.227 e. The Balaban J connectivity index is 1.28. The molecule has 10 heteroatoms. The first kappa shape index (κ1) is 17.1. The molecule has 3 aromatic heterocycles. The van der Waals surface area contributed by atoms with Gasteiger partial charge in [-0.25, -0.2) is 9.97 Å². The molecule has 0 atom stereocenters. The molecule has 0 aliphatic carbocycles. The van der Waals surface area contributed by atoms with E-state index in [2.05, 4.69) is 31.5 Å². The van der Waals surface area contributed by atoms with Gasteiger partial charge in [-0.3, -0.25) is 4.79 Å². The molecule has 4 aromatic rings. The predicted octanol–water partition coefficient (Wildman–Crippen LogP) is 4.00. The minimum Gasteiger partial charge on any atom is -0.339 e. The van der Waals surface area contributed by atoms with Gasteiger partial charge in [-0.1, -0.05) is 29.1 Å². The molecule has 1 N–H and O–H groups in total. The van der Waals surface area contributed by atoms with Crippen molar-refractivity contribution in [2.75, 3.05) is 5.32 Å². The Morgan fingerprint density at radius 3 is 3.04 bits per heavy atom. The third kappa shape index (κ3) is 4.26. The summed E-state index contributed by atoms with van der Waals surface area (Å²) >= 11 is 4.60. The van der Waals surface area contributed by atoms with Crippen LogP contribution in [-0.4, -0.2) is 26.0 Å². The number of carbonyl (C=O) groups is 1. The molecule has 0 saturated carbocycles. The molecule has 26 heavy (non-hydrogen) atoms. The van der Waals surface area contributed by atoms with E-state index in [4.69, 9.17) is 4.52 Å². The first-order valence-corrected chi connectivity index (χ1v) is 10.4. The molecule has 0 spiro atoms. The van der Waals surface area contributed by atoms with Gasteiger partial charge in [0.05, 0.1) is 16.0 Å². The van der Waals surface area contributed by atoms with Gasteiger partial charge in [0.15, 0.2) is 15.3 Å². The summed E-state index contributed by atoms with van der Waals surface area (Å²) in [6, 6.07) is 8.04. The quantitative estimate of drug-likeness (QED) is 0.466. The highest BCUT2D eigenvalue weighted by Crippen LogP contribution is 2.30. The average Bonchev–Trinajstić information content (AvgIpc) is 3.38. The topological polar surface area (TPSA) is 93.8 Å². The van der Waals surface area contributed by atoms with Gasteiger partial charge in [-0.2, -0.15) is 4.98 Å². The molecule has 132 valence electrons. The number of benzene rings is 1. The number of rotatable bonds is 7. The Morgan fingerprint density at radius 2 is 2.19 bits per heavy atom. The van der Waals surface area contributed by atoms with Crippen molar-refractivity contribution in [1.82, 2.24) is 20.1 Å². The highest BCUT2D eigenvalue weighted by atomic mass is 32.2. The van der Waals surface area contributed by atoms with Crippen molar-refractivity contribution >= 4 is 55.7 Å². The summed E-state index contributed by atoms with van der Waals surface area (Å²) in [5, 5.41) is 9.09. The number of amides is 1. The summed E-state index contributed by atoms with van der Waals surface area (Å²) in [5.74, 6) is 1.52. The first-order valence-electron chi connectivity index (χ1n) is 7.75. The third-order valence-electron chi connectivity index (χ3n) is 3.35. The van der Waals surface area contributed by atoms with Crippen molar-refractivity contribution in [2.45, 2.75) is 22.9 Å². The molecule has 1 amide bonds. The maximum absolute atomic E-state index is 11.8. The van der Waals surface area contributed by atoms with E-state index < -0.39 is 0 Å². The number of nitrogens with one attached hydrogen (secondary N) is 1. The van der Waals surface area contributed by atoms with E-state index in [1.807, 2.05) is 23.6 Å². The fourth-order valence-corrected chi connectivity index (χ4v) is 4.63. The average molecular weight is 404 g/mol. The molecule has 4 rings (SSSR count). The minimum absolute atomic E-state index is 0.122. The van der Waals surface area contributed by atoms with Crippen LogP contribution in [0.25, 0.3) is 10.2 Å². The van der Waals surface area contributed by atoms with Crippen LogP contribution in [0.15, 0.2) is 44.7 Å². The van der Waals surface area contributed by atoms with E-state index in [9.17, 15) is 4.79 Å². The molecule has 1 aromatic carbocycles. The van der Waals surface area contributed by atoms with Gasteiger partial charge >= 0.3 is 0 Å². The van der Waals surface area contributed by atoms with Crippen molar-refractivity contribution in [2.24, 2.45) is 0 Å². The number of hydrogen-bond acceptors (Lipinski definition) is 9. The Morgan fingerprint density at radius 1 is 1.27 bits per heavy atom. The number of para-hydroxylation sites is 1. The van der Waals surface area contributed by atoms with Crippen molar-refractivity contribution in [3.63, 3.8) is 0 Å². The lowest BCUT2D eigenvalue weighted by atomic mass is 10.3. The Labute approximate surface area is 160 Å². The van der Waals surface area contributed by atoms with E-state index in [-0.39, 0.29) is 12.3 Å². The Kier molecular flexibility index (Phi) is 5.23. The van der Waals surface area contributed by atoms with Gasteiger partial charge in [0, 0.05) is 24.4 Å². The summed E-state index contributed by atoms with van der Waals surface area (Å²) in [7, 11) is 0. The number of aromatic nitrogens is 4. The second-order valence-electron chi connectivity index (χ2n) is 5.23. The van der Waals surface area contributed by atoms with Crippen LogP contribution in [0.4, 0.5) is 5.13 Å². The molecule has 0 radical (unpaired) electrons. The second kappa shape index (κ2) is 7.94. The molecule has 3 heterocycles. The highest BCUT2D eigenvalue weighted by molar-refractivity contribution is 8.00. The smallest absolute Gasteiger partial charge is 0.227 e. The summed E-state index contributed by atoms with van der Waals surface area (Å²) in [6.45, 7) is 0. The molecule has 7 nitrogen and oxygen atoms in total. The van der Waals surface area contributed by atoms with Crippen LogP contribution >= 0.6 is 34.4 Å². The monoisotopic (exact) mass is 403 g/mol. The SMILES string of the molecule is O=C(CCc1nc(CSc2nc3ccccc3s2)no1)Nc1nccs1. The van der Waals surface area contributed by atoms with Gasteiger partial charge in [-0.15, -0.1) is 22.7 Å². The van der Waals surface area contributed by atoms with Gasteiger partial charge < -0.3 is 9.84 Å². The number of thioether (sulfide) groups is 1. The van der Waals surface area contributed by atoms with Crippen molar-refractivity contribution in [1.29, 1.82) is 0 Å². The van der Waals surface area contributed by atoms with Crippen LogP contribution < -0.4 is 5.32 Å². The molecule has 0 fully saturated rings. The van der Waals surface area contributed by atoms with Crippen LogP contribution in [0.3, 0.4) is 0 Å². The highest BCUT2D eigenvalue weighted by Gasteiger charge is 2.11. The zero-order valence-electron chi connectivity index (χ0n) is 13.4. The van der Waals surface area contributed by atoms with E-state index in [0.717, 1.165) is 14.6 Å². The number of fused-ring (bicyclic) bond motifs is 1. The van der Waals surface area contributed by atoms with Gasteiger partial charge in [0.25, 0.3) is 0 Å². The van der Waals surface area contributed by atoms with Crippen LogP contribution in [-0.2, 0) is 17.0 Å². The first-order chi connectivity index (χ1) is 12.8. The standard InChI is InChI=1S/C16H13N5O2S3/c22-13(20-15-17-7-8-24-15)5-6-14-19-12(21-23-14)9-25-16-18-10-3-1-2-4-11(10)26-16/h1-4,7-8H,5-6,9H2,(H,17,20,22). The number of thiazole rings is 2. The lowest BCUT2D eigenvalue weighted by Gasteiger charge is -1.98. The van der Waals surface area contributed by atoms with Crippen molar-refractivity contribution in [3.8, 4) is 0 Å². The van der Waals surface area contributed by atoms with Crippen LogP contribution in [0.2, 0.25) is 0 Å². The maximum atomic E-state index is 11.8. The zero-order valence-corrected chi connectivity index (χ0v) is 15.9. The summed E-state index contributed by atoms with van der Waals surface area (Å²) in [4.78, 5) is 24.8. The molecule has 0 bridgehead atoms. The normalized spacial score (nSPS) is 11.1. The Hall–Kier alpha value is -2.30. The van der Waals surface area contributed by atoms with E-state index in [1.54, 1.807) is 29.3 Å². The summed E-state index contributed by atoms with van der Waals surface area (Å²) < 4.78 is 7.35. The van der Waals surface area contributed by atoms with Gasteiger partial charge in [-0.05, 0) is 12.1 Å². The lowest BCUT2D eigenvalue weighted by Crippen LogP contribution is -2.12. The number of hydrogen-bond donors (Lipinski definition) is 1. The number of carbonyl (C=O) groups excluding carboxylic acids is 1. The van der Waals surface area contributed by atoms with Crippen molar-refractivity contribution in [3.05, 3.63) is 47.6 Å². The fourth-order valence-electron chi connectivity index (χ4n) is 2.18. The molecule has 0 saturated heterocycles. The molecule has 0 aliphatic rings. The molecular formula is C16H13N5O2S3. The summed E-state index contributed by atoms with van der Waals surface area (Å²) in [5.41, 5.74) is 1.00. The Bertz CT molecular complexity index is 979.